The van der Waals surface area contributed by atoms with E-state index in [0.29, 0.717) is 5.82 Å². The molecule has 0 saturated heterocycles. The number of rotatable bonds is 5. The van der Waals surface area contributed by atoms with Crippen molar-refractivity contribution in [3.05, 3.63) is 90.1 Å². The number of aryl methyl sites for hydroxylation is 1. The van der Waals surface area contributed by atoms with Crippen molar-refractivity contribution < 1.29 is 4.79 Å². The minimum absolute atomic E-state index is 0.0783. The molecule has 0 bridgehead atoms. The van der Waals surface area contributed by atoms with Gasteiger partial charge in [0.1, 0.15) is 11.1 Å². The molecule has 3 rings (SSSR count). The van der Waals surface area contributed by atoms with Gasteiger partial charge in [-0.05, 0) is 36.8 Å². The molecule has 3 aromatic rings. The normalized spacial score (nSPS) is 11.7. The molecule has 2 aromatic carbocycles. The average Bonchev–Trinajstić information content (AvgIpc) is 2.63. The van der Waals surface area contributed by atoms with Crippen LogP contribution in [0.3, 0.4) is 0 Å². The first-order valence-electron chi connectivity index (χ1n) is 7.72. The molecule has 120 valence electrons. The first kappa shape index (κ1) is 16.3. The fourth-order valence-corrected chi connectivity index (χ4v) is 3.31. The molecule has 0 aliphatic heterocycles. The van der Waals surface area contributed by atoms with E-state index in [1.54, 1.807) is 12.3 Å². The zero-order valence-electron chi connectivity index (χ0n) is 13.3. The van der Waals surface area contributed by atoms with Gasteiger partial charge < -0.3 is 5.32 Å². The molecule has 0 aliphatic carbocycles. The Balaban J connectivity index is 1.84. The van der Waals surface area contributed by atoms with Gasteiger partial charge in [-0.25, -0.2) is 4.98 Å². The van der Waals surface area contributed by atoms with Crippen LogP contribution in [0.5, 0.6) is 0 Å². The van der Waals surface area contributed by atoms with E-state index >= 15 is 0 Å². The molecular weight excluding hydrogens is 316 g/mol. The number of aromatic nitrogens is 1. The maximum atomic E-state index is 12.8. The van der Waals surface area contributed by atoms with Crippen LogP contribution in [0.4, 0.5) is 5.82 Å². The van der Waals surface area contributed by atoms with Gasteiger partial charge in [0.05, 0.1) is 0 Å². The number of hydrogen-bond donors (Lipinski definition) is 1. The third-order valence-electron chi connectivity index (χ3n) is 3.53. The largest absolute Gasteiger partial charge is 0.309 e. The third-order valence-corrected chi connectivity index (χ3v) is 4.80. The Morgan fingerprint density at radius 3 is 2.33 bits per heavy atom. The fourth-order valence-electron chi connectivity index (χ4n) is 2.28. The molecule has 1 aromatic heterocycles. The Bertz CT molecular complexity index is 789. The molecular formula is C20H18N2OS. The second-order valence-electron chi connectivity index (χ2n) is 5.43. The smallest absolute Gasteiger partial charge is 0.243 e. The van der Waals surface area contributed by atoms with Crippen molar-refractivity contribution in [3.8, 4) is 0 Å². The van der Waals surface area contributed by atoms with Crippen molar-refractivity contribution >= 4 is 23.5 Å². The van der Waals surface area contributed by atoms with Crippen LogP contribution in [0.15, 0.2) is 83.9 Å². The lowest BCUT2D eigenvalue weighted by atomic mass is 10.1. The van der Waals surface area contributed by atoms with Crippen LogP contribution in [0.1, 0.15) is 16.4 Å². The van der Waals surface area contributed by atoms with Crippen molar-refractivity contribution in [3.63, 3.8) is 0 Å². The zero-order chi connectivity index (χ0) is 16.8. The van der Waals surface area contributed by atoms with E-state index in [2.05, 4.69) is 29.4 Å². The number of nitrogens with one attached hydrogen (secondary N) is 1. The summed E-state index contributed by atoms with van der Waals surface area (Å²) in [5.74, 6) is 0.485. The summed E-state index contributed by atoms with van der Waals surface area (Å²) in [5, 5.41) is 2.56. The van der Waals surface area contributed by atoms with E-state index in [1.165, 1.54) is 17.3 Å². The van der Waals surface area contributed by atoms with Crippen molar-refractivity contribution in [1.29, 1.82) is 0 Å². The molecule has 24 heavy (non-hydrogen) atoms. The molecule has 1 N–H and O–H groups in total. The standard InChI is InChI=1S/C20H18N2OS/c1-15-10-12-17(13-11-15)24-19(16-7-3-2-4-8-16)20(23)22-18-9-5-6-14-21-18/h2-14,19H,1H3,(H,21,22,23). The van der Waals surface area contributed by atoms with Gasteiger partial charge in [-0.2, -0.15) is 0 Å². The Hall–Kier alpha value is -2.59. The van der Waals surface area contributed by atoms with Crippen LogP contribution < -0.4 is 5.32 Å². The molecule has 1 atom stereocenters. The summed E-state index contributed by atoms with van der Waals surface area (Å²) in [6.07, 6.45) is 1.67. The van der Waals surface area contributed by atoms with Crippen LogP contribution in [0.2, 0.25) is 0 Å². The fraction of sp³-hybridized carbons (Fsp3) is 0.100. The highest BCUT2D eigenvalue weighted by atomic mass is 32.2. The van der Waals surface area contributed by atoms with Gasteiger partial charge in [0, 0.05) is 11.1 Å². The zero-order valence-corrected chi connectivity index (χ0v) is 14.2. The summed E-state index contributed by atoms with van der Waals surface area (Å²) in [4.78, 5) is 18.0. The molecule has 3 nitrogen and oxygen atoms in total. The third kappa shape index (κ3) is 4.24. The van der Waals surface area contributed by atoms with E-state index < -0.39 is 0 Å². The highest BCUT2D eigenvalue weighted by Crippen LogP contribution is 2.36. The van der Waals surface area contributed by atoms with E-state index in [1.807, 2.05) is 54.6 Å². The second kappa shape index (κ2) is 7.79. The van der Waals surface area contributed by atoms with Crippen LogP contribution in [-0.2, 0) is 4.79 Å². The Morgan fingerprint density at radius 1 is 0.958 bits per heavy atom. The SMILES string of the molecule is Cc1ccc(SC(C(=O)Nc2ccccn2)c2ccccc2)cc1. The lowest BCUT2D eigenvalue weighted by Gasteiger charge is -2.17. The van der Waals surface area contributed by atoms with Gasteiger partial charge >= 0.3 is 0 Å². The second-order valence-corrected chi connectivity index (χ2v) is 6.60. The molecule has 0 aliphatic rings. The van der Waals surface area contributed by atoms with Gasteiger partial charge in [-0.3, -0.25) is 4.79 Å². The topological polar surface area (TPSA) is 42.0 Å². The Morgan fingerprint density at radius 2 is 1.67 bits per heavy atom. The number of anilines is 1. The average molecular weight is 334 g/mol. The summed E-state index contributed by atoms with van der Waals surface area (Å²) >= 11 is 1.54. The molecule has 1 heterocycles. The monoisotopic (exact) mass is 334 g/mol. The molecule has 4 heteroatoms. The summed E-state index contributed by atoms with van der Waals surface area (Å²) in [5.41, 5.74) is 2.17. The van der Waals surface area contributed by atoms with Crippen LogP contribution in [0, 0.1) is 6.92 Å². The lowest BCUT2D eigenvalue weighted by molar-refractivity contribution is -0.115. The van der Waals surface area contributed by atoms with Gasteiger partial charge in [-0.15, -0.1) is 11.8 Å². The Kier molecular flexibility index (Phi) is 5.29. The molecule has 0 spiro atoms. The van der Waals surface area contributed by atoms with Crippen LogP contribution >= 0.6 is 11.8 Å². The summed E-state index contributed by atoms with van der Waals surface area (Å²) in [6.45, 7) is 2.05. The summed E-state index contributed by atoms with van der Waals surface area (Å²) in [7, 11) is 0. The number of thioether (sulfide) groups is 1. The van der Waals surface area contributed by atoms with E-state index in [9.17, 15) is 4.79 Å². The van der Waals surface area contributed by atoms with Crippen LogP contribution in [-0.4, -0.2) is 10.9 Å². The number of carbonyl (C=O) groups excluding carboxylic acids is 1. The minimum Gasteiger partial charge on any atom is -0.309 e. The number of carbonyl (C=O) groups is 1. The highest BCUT2D eigenvalue weighted by molar-refractivity contribution is 8.00. The van der Waals surface area contributed by atoms with Crippen molar-refractivity contribution in [2.75, 3.05) is 5.32 Å². The van der Waals surface area contributed by atoms with E-state index in [-0.39, 0.29) is 11.2 Å². The molecule has 0 radical (unpaired) electrons. The van der Waals surface area contributed by atoms with E-state index in [4.69, 9.17) is 0 Å². The number of hydrogen-bond acceptors (Lipinski definition) is 3. The van der Waals surface area contributed by atoms with Crippen molar-refractivity contribution in [1.82, 2.24) is 4.98 Å². The van der Waals surface area contributed by atoms with Crippen molar-refractivity contribution in [2.45, 2.75) is 17.1 Å². The predicted molar refractivity (Wildman–Crippen MR) is 99.1 cm³/mol. The first-order valence-corrected chi connectivity index (χ1v) is 8.60. The van der Waals surface area contributed by atoms with E-state index in [0.717, 1.165) is 10.5 Å². The molecule has 1 amide bonds. The quantitative estimate of drug-likeness (QED) is 0.677. The highest BCUT2D eigenvalue weighted by Gasteiger charge is 2.22. The molecule has 1 unspecified atom stereocenters. The summed E-state index contributed by atoms with van der Waals surface area (Å²) in [6, 6.07) is 23.5. The van der Waals surface area contributed by atoms with Gasteiger partial charge in [0.2, 0.25) is 5.91 Å². The van der Waals surface area contributed by atoms with Gasteiger partial charge in [0.15, 0.2) is 0 Å². The number of pyridine rings is 1. The summed E-state index contributed by atoms with van der Waals surface area (Å²) < 4.78 is 0. The Labute approximate surface area is 146 Å². The maximum absolute atomic E-state index is 12.8. The van der Waals surface area contributed by atoms with Crippen molar-refractivity contribution in [2.24, 2.45) is 0 Å². The first-order chi connectivity index (χ1) is 11.7. The van der Waals surface area contributed by atoms with Gasteiger partial charge in [0.25, 0.3) is 0 Å². The maximum Gasteiger partial charge on any atom is 0.243 e. The van der Waals surface area contributed by atoms with Gasteiger partial charge in [-0.1, -0.05) is 54.1 Å². The lowest BCUT2D eigenvalue weighted by Crippen LogP contribution is -2.19. The number of benzene rings is 2. The number of nitrogens with zero attached hydrogens (tertiary/aromatic N) is 1. The minimum atomic E-state index is -0.337. The van der Waals surface area contributed by atoms with Crippen LogP contribution in [0.25, 0.3) is 0 Å². The predicted octanol–water partition coefficient (Wildman–Crippen LogP) is 4.86. The molecule has 0 saturated carbocycles. The number of amides is 1. The molecule has 0 fully saturated rings.